The highest BCUT2D eigenvalue weighted by atomic mass is 15.2. The molecule has 1 aliphatic rings. The highest BCUT2D eigenvalue weighted by Gasteiger charge is 2.29. The fourth-order valence-electron chi connectivity index (χ4n) is 3.57. The van der Waals surface area contributed by atoms with Crippen molar-refractivity contribution in [3.05, 3.63) is 30.1 Å². The summed E-state index contributed by atoms with van der Waals surface area (Å²) in [6, 6.07) is 5.23. The first-order valence-corrected chi connectivity index (χ1v) is 8.27. The smallest absolute Gasteiger partial charge is 0.0512 e. The molecule has 4 heteroatoms. The van der Waals surface area contributed by atoms with Crippen LogP contribution in [0.15, 0.2) is 24.5 Å². The number of likely N-dealkylation sites (N-methyl/N-ethyl adjacent to an activating group) is 2. The Morgan fingerprint density at radius 2 is 2.29 bits per heavy atom. The molecule has 2 heterocycles. The second-order valence-corrected chi connectivity index (χ2v) is 6.17. The molecule has 0 amide bonds. The van der Waals surface area contributed by atoms with Gasteiger partial charge in [-0.1, -0.05) is 19.9 Å². The van der Waals surface area contributed by atoms with Crippen LogP contribution in [-0.4, -0.2) is 53.5 Å². The second-order valence-electron chi connectivity index (χ2n) is 6.17. The van der Waals surface area contributed by atoms with E-state index in [4.69, 9.17) is 5.73 Å². The van der Waals surface area contributed by atoms with Gasteiger partial charge < -0.3 is 5.73 Å². The fraction of sp³-hybridized carbons (Fsp3) is 0.706. The van der Waals surface area contributed by atoms with Gasteiger partial charge in [0.2, 0.25) is 0 Å². The van der Waals surface area contributed by atoms with Crippen LogP contribution < -0.4 is 5.73 Å². The lowest BCUT2D eigenvalue weighted by Gasteiger charge is -2.36. The zero-order chi connectivity index (χ0) is 15.2. The zero-order valence-corrected chi connectivity index (χ0v) is 13.7. The lowest BCUT2D eigenvalue weighted by atomic mass is 9.97. The lowest BCUT2D eigenvalue weighted by molar-refractivity contribution is 0.147. The SMILES string of the molecule is CCC(N)C(c1cccnc1)N(C)CC1CCCN1CC. The van der Waals surface area contributed by atoms with Crippen molar-refractivity contribution in [2.45, 2.75) is 51.2 Å². The van der Waals surface area contributed by atoms with E-state index in [-0.39, 0.29) is 12.1 Å². The summed E-state index contributed by atoms with van der Waals surface area (Å²) in [5, 5.41) is 0. The molecule has 4 nitrogen and oxygen atoms in total. The van der Waals surface area contributed by atoms with Crippen molar-refractivity contribution in [3.8, 4) is 0 Å². The quantitative estimate of drug-likeness (QED) is 0.837. The van der Waals surface area contributed by atoms with E-state index in [2.05, 4.69) is 41.7 Å². The molecule has 1 fully saturated rings. The highest BCUT2D eigenvalue weighted by molar-refractivity contribution is 5.16. The lowest BCUT2D eigenvalue weighted by Crippen LogP contribution is -2.45. The average Bonchev–Trinajstić information content (AvgIpc) is 2.95. The molecule has 21 heavy (non-hydrogen) atoms. The monoisotopic (exact) mass is 290 g/mol. The first kappa shape index (κ1) is 16.4. The number of aromatic nitrogens is 1. The van der Waals surface area contributed by atoms with E-state index in [0.29, 0.717) is 6.04 Å². The maximum Gasteiger partial charge on any atom is 0.0512 e. The molecule has 0 bridgehead atoms. The Bertz CT molecular complexity index is 409. The van der Waals surface area contributed by atoms with Crippen LogP contribution in [-0.2, 0) is 0 Å². The Morgan fingerprint density at radius 3 is 2.90 bits per heavy atom. The van der Waals surface area contributed by atoms with E-state index in [1.54, 1.807) is 0 Å². The number of nitrogens with two attached hydrogens (primary N) is 1. The normalized spacial score (nSPS) is 22.6. The van der Waals surface area contributed by atoms with Crippen LogP contribution in [0, 0.1) is 0 Å². The largest absolute Gasteiger partial charge is 0.326 e. The maximum absolute atomic E-state index is 6.41. The number of rotatable bonds is 7. The molecule has 1 saturated heterocycles. The molecular weight excluding hydrogens is 260 g/mol. The zero-order valence-electron chi connectivity index (χ0n) is 13.7. The van der Waals surface area contributed by atoms with Crippen molar-refractivity contribution < 1.29 is 0 Å². The predicted octanol–water partition coefficient (Wildman–Crippen LogP) is 2.28. The standard InChI is InChI=1S/C17H30N4/c1-4-16(18)17(14-8-6-10-19-12-14)20(3)13-15-9-7-11-21(15)5-2/h6,8,10,12,15-17H,4-5,7,9,11,13,18H2,1-3H3. The topological polar surface area (TPSA) is 45.4 Å². The fourth-order valence-corrected chi connectivity index (χ4v) is 3.57. The van der Waals surface area contributed by atoms with E-state index < -0.39 is 0 Å². The van der Waals surface area contributed by atoms with Crippen LogP contribution in [0.3, 0.4) is 0 Å². The first-order valence-electron chi connectivity index (χ1n) is 8.27. The number of nitrogens with zero attached hydrogens (tertiary/aromatic N) is 3. The van der Waals surface area contributed by atoms with Crippen molar-refractivity contribution in [2.75, 3.05) is 26.7 Å². The number of likely N-dealkylation sites (tertiary alicyclic amines) is 1. The van der Waals surface area contributed by atoms with E-state index in [9.17, 15) is 0 Å². The third kappa shape index (κ3) is 4.02. The van der Waals surface area contributed by atoms with Crippen molar-refractivity contribution in [1.82, 2.24) is 14.8 Å². The Balaban J connectivity index is 2.09. The summed E-state index contributed by atoms with van der Waals surface area (Å²) in [6.07, 6.45) is 7.39. The van der Waals surface area contributed by atoms with Gasteiger partial charge in [-0.3, -0.25) is 14.8 Å². The van der Waals surface area contributed by atoms with Gasteiger partial charge in [0, 0.05) is 31.0 Å². The van der Waals surface area contributed by atoms with Crippen molar-refractivity contribution in [1.29, 1.82) is 0 Å². The minimum atomic E-state index is 0.149. The van der Waals surface area contributed by atoms with Crippen LogP contribution in [0.1, 0.15) is 44.7 Å². The molecule has 118 valence electrons. The summed E-state index contributed by atoms with van der Waals surface area (Å²) >= 11 is 0. The maximum atomic E-state index is 6.41. The van der Waals surface area contributed by atoms with Gasteiger partial charge in [-0.05, 0) is 51.0 Å². The van der Waals surface area contributed by atoms with Crippen molar-refractivity contribution >= 4 is 0 Å². The summed E-state index contributed by atoms with van der Waals surface area (Å²) in [5.74, 6) is 0. The number of hydrogen-bond acceptors (Lipinski definition) is 4. The van der Waals surface area contributed by atoms with Crippen LogP contribution in [0.5, 0.6) is 0 Å². The van der Waals surface area contributed by atoms with Crippen LogP contribution in [0.2, 0.25) is 0 Å². The van der Waals surface area contributed by atoms with Gasteiger partial charge in [0.1, 0.15) is 0 Å². The van der Waals surface area contributed by atoms with E-state index in [0.717, 1.165) is 19.5 Å². The molecule has 3 unspecified atom stereocenters. The van der Waals surface area contributed by atoms with Crippen molar-refractivity contribution in [3.63, 3.8) is 0 Å². The minimum absolute atomic E-state index is 0.149. The molecule has 1 aromatic heterocycles. The van der Waals surface area contributed by atoms with Gasteiger partial charge in [-0.2, -0.15) is 0 Å². The molecule has 0 saturated carbocycles. The van der Waals surface area contributed by atoms with Crippen LogP contribution in [0.25, 0.3) is 0 Å². The highest BCUT2D eigenvalue weighted by Crippen LogP contribution is 2.26. The van der Waals surface area contributed by atoms with Gasteiger partial charge in [0.05, 0.1) is 6.04 Å². The summed E-state index contributed by atoms with van der Waals surface area (Å²) in [5.41, 5.74) is 7.64. The molecule has 1 aliphatic heterocycles. The molecule has 0 radical (unpaired) electrons. The second kappa shape index (κ2) is 7.87. The van der Waals surface area contributed by atoms with Crippen LogP contribution >= 0.6 is 0 Å². The summed E-state index contributed by atoms with van der Waals surface area (Å²) in [4.78, 5) is 9.30. The Hall–Kier alpha value is -0.970. The predicted molar refractivity (Wildman–Crippen MR) is 88.1 cm³/mol. The van der Waals surface area contributed by atoms with Crippen molar-refractivity contribution in [2.24, 2.45) is 5.73 Å². The molecule has 1 aromatic rings. The first-order chi connectivity index (χ1) is 10.2. The summed E-state index contributed by atoms with van der Waals surface area (Å²) < 4.78 is 0. The molecule has 0 spiro atoms. The van der Waals surface area contributed by atoms with E-state index >= 15 is 0 Å². The molecular formula is C17H30N4. The number of pyridine rings is 1. The van der Waals surface area contributed by atoms with Gasteiger partial charge in [-0.25, -0.2) is 0 Å². The van der Waals surface area contributed by atoms with Gasteiger partial charge in [0.15, 0.2) is 0 Å². The molecule has 3 atom stereocenters. The third-order valence-corrected chi connectivity index (χ3v) is 4.78. The number of hydrogen-bond donors (Lipinski definition) is 1. The summed E-state index contributed by atoms with van der Waals surface area (Å²) in [7, 11) is 2.21. The Labute approximate surface area is 129 Å². The minimum Gasteiger partial charge on any atom is -0.326 e. The molecule has 2 rings (SSSR count). The van der Waals surface area contributed by atoms with Gasteiger partial charge >= 0.3 is 0 Å². The van der Waals surface area contributed by atoms with Gasteiger partial charge in [-0.15, -0.1) is 0 Å². The van der Waals surface area contributed by atoms with Crippen LogP contribution in [0.4, 0.5) is 0 Å². The van der Waals surface area contributed by atoms with Gasteiger partial charge in [0.25, 0.3) is 0 Å². The Kier molecular flexibility index (Phi) is 6.15. The summed E-state index contributed by atoms with van der Waals surface area (Å²) in [6.45, 7) is 7.90. The average molecular weight is 290 g/mol. The van der Waals surface area contributed by atoms with E-state index in [1.807, 2.05) is 18.5 Å². The Morgan fingerprint density at radius 1 is 1.48 bits per heavy atom. The van der Waals surface area contributed by atoms with E-state index in [1.165, 1.54) is 24.9 Å². The molecule has 2 N–H and O–H groups in total. The molecule has 0 aromatic carbocycles. The molecule has 0 aliphatic carbocycles. The third-order valence-electron chi connectivity index (χ3n) is 4.78.